The first kappa shape index (κ1) is 17.0. The number of carbonyl (C=O) groups is 1. The highest BCUT2D eigenvalue weighted by Gasteiger charge is 2.10. The first-order valence-electron chi connectivity index (χ1n) is 8.31. The predicted molar refractivity (Wildman–Crippen MR) is 95.3 cm³/mol. The number of hydrogen-bond acceptors (Lipinski definition) is 3. The first-order chi connectivity index (χ1) is 11.2. The molecule has 2 rings (SSSR count). The summed E-state index contributed by atoms with van der Waals surface area (Å²) >= 11 is 0. The summed E-state index contributed by atoms with van der Waals surface area (Å²) < 4.78 is 0. The van der Waals surface area contributed by atoms with E-state index >= 15 is 0 Å². The van der Waals surface area contributed by atoms with Crippen LogP contribution in [-0.2, 0) is 12.8 Å². The lowest BCUT2D eigenvalue weighted by Crippen LogP contribution is -2.24. The van der Waals surface area contributed by atoms with Crippen molar-refractivity contribution in [3.63, 3.8) is 0 Å². The Balaban J connectivity index is 2.26. The zero-order chi connectivity index (χ0) is 16.7. The van der Waals surface area contributed by atoms with Gasteiger partial charge >= 0.3 is 0 Å². The Hall–Kier alpha value is -2.36. The summed E-state index contributed by atoms with van der Waals surface area (Å²) in [5.74, 6) is -0.130. The Morgan fingerprint density at radius 2 is 1.78 bits per heavy atom. The highest BCUT2D eigenvalue weighted by Crippen LogP contribution is 2.26. The van der Waals surface area contributed by atoms with E-state index in [2.05, 4.69) is 47.7 Å². The fourth-order valence-corrected chi connectivity index (χ4v) is 2.51. The molecule has 4 heteroatoms. The van der Waals surface area contributed by atoms with Gasteiger partial charge in [-0.1, -0.05) is 39.0 Å². The van der Waals surface area contributed by atoms with E-state index in [0.29, 0.717) is 12.2 Å². The normalized spacial score (nSPS) is 10.4. The molecule has 2 aromatic rings. The summed E-state index contributed by atoms with van der Waals surface area (Å²) in [5, 5.41) is 6.33. The Bertz CT molecular complexity index is 645. The second-order valence-electron chi connectivity index (χ2n) is 5.47. The molecule has 0 atom stereocenters. The molecule has 1 aromatic carbocycles. The van der Waals surface area contributed by atoms with Crippen LogP contribution in [0, 0.1) is 0 Å². The lowest BCUT2D eigenvalue weighted by atomic mass is 10.0. The van der Waals surface area contributed by atoms with Gasteiger partial charge in [-0.2, -0.15) is 0 Å². The number of carbonyl (C=O) groups excluding carboxylic acids is 1. The van der Waals surface area contributed by atoms with E-state index in [0.717, 1.165) is 30.6 Å². The van der Waals surface area contributed by atoms with Crippen molar-refractivity contribution in [3.8, 4) is 0 Å². The van der Waals surface area contributed by atoms with Gasteiger partial charge in [-0.3, -0.25) is 9.78 Å². The molecular weight excluding hydrogens is 286 g/mol. The number of aryl methyl sites for hydroxylation is 2. The number of anilines is 2. The SMILES string of the molecule is CCCNC(=O)c1cc(Nc2c(CC)cccc2CC)ccn1. The minimum absolute atomic E-state index is 0.130. The number of amides is 1. The fourth-order valence-electron chi connectivity index (χ4n) is 2.51. The second kappa shape index (κ2) is 8.32. The van der Waals surface area contributed by atoms with Crippen LogP contribution < -0.4 is 10.6 Å². The van der Waals surface area contributed by atoms with Gasteiger partial charge in [-0.25, -0.2) is 0 Å². The maximum absolute atomic E-state index is 12.1. The summed E-state index contributed by atoms with van der Waals surface area (Å²) in [4.78, 5) is 16.2. The molecule has 0 unspecified atom stereocenters. The first-order valence-corrected chi connectivity index (χ1v) is 8.31. The van der Waals surface area contributed by atoms with E-state index in [4.69, 9.17) is 0 Å². The fraction of sp³-hybridized carbons (Fsp3) is 0.368. The van der Waals surface area contributed by atoms with Crippen molar-refractivity contribution < 1.29 is 4.79 Å². The van der Waals surface area contributed by atoms with Crippen molar-refractivity contribution in [3.05, 3.63) is 53.3 Å². The second-order valence-corrected chi connectivity index (χ2v) is 5.47. The largest absolute Gasteiger partial charge is 0.355 e. The third-order valence-corrected chi connectivity index (χ3v) is 3.80. The van der Waals surface area contributed by atoms with Crippen LogP contribution in [0.2, 0.25) is 0 Å². The van der Waals surface area contributed by atoms with Crippen LogP contribution in [0.1, 0.15) is 48.8 Å². The van der Waals surface area contributed by atoms with Gasteiger partial charge in [-0.05, 0) is 42.5 Å². The van der Waals surface area contributed by atoms with Crippen LogP contribution in [-0.4, -0.2) is 17.4 Å². The van der Waals surface area contributed by atoms with Crippen molar-refractivity contribution in [1.29, 1.82) is 0 Å². The number of para-hydroxylation sites is 1. The molecule has 0 aliphatic rings. The Labute approximate surface area is 138 Å². The van der Waals surface area contributed by atoms with Gasteiger partial charge in [0.15, 0.2) is 0 Å². The number of pyridine rings is 1. The van der Waals surface area contributed by atoms with Gasteiger partial charge in [0.25, 0.3) is 5.91 Å². The number of nitrogens with zero attached hydrogens (tertiary/aromatic N) is 1. The average Bonchev–Trinajstić information content (AvgIpc) is 2.60. The summed E-state index contributed by atoms with van der Waals surface area (Å²) in [7, 11) is 0. The maximum atomic E-state index is 12.1. The Morgan fingerprint density at radius 3 is 2.39 bits per heavy atom. The topological polar surface area (TPSA) is 54.0 Å². The molecule has 0 aliphatic heterocycles. The van der Waals surface area contributed by atoms with E-state index < -0.39 is 0 Å². The summed E-state index contributed by atoms with van der Waals surface area (Å²) in [6.07, 6.45) is 4.51. The highest BCUT2D eigenvalue weighted by atomic mass is 16.1. The minimum atomic E-state index is -0.130. The van der Waals surface area contributed by atoms with Crippen molar-refractivity contribution in [2.24, 2.45) is 0 Å². The molecule has 0 spiro atoms. The van der Waals surface area contributed by atoms with Crippen LogP contribution in [0.3, 0.4) is 0 Å². The van der Waals surface area contributed by atoms with E-state index in [1.165, 1.54) is 11.1 Å². The van der Waals surface area contributed by atoms with Crippen LogP contribution >= 0.6 is 0 Å². The van der Waals surface area contributed by atoms with Crippen LogP contribution in [0.15, 0.2) is 36.5 Å². The molecule has 0 saturated heterocycles. The number of nitrogens with one attached hydrogen (secondary N) is 2. The summed E-state index contributed by atoms with van der Waals surface area (Å²) in [6, 6.07) is 10.1. The van der Waals surface area contributed by atoms with Crippen LogP contribution in [0.25, 0.3) is 0 Å². The lowest BCUT2D eigenvalue weighted by Gasteiger charge is -2.15. The molecule has 2 N–H and O–H groups in total. The summed E-state index contributed by atoms with van der Waals surface area (Å²) in [6.45, 7) is 6.99. The maximum Gasteiger partial charge on any atom is 0.269 e. The van der Waals surface area contributed by atoms with Crippen molar-refractivity contribution in [2.75, 3.05) is 11.9 Å². The zero-order valence-corrected chi connectivity index (χ0v) is 14.1. The third-order valence-electron chi connectivity index (χ3n) is 3.80. The zero-order valence-electron chi connectivity index (χ0n) is 14.1. The van der Waals surface area contributed by atoms with Gasteiger partial charge in [0.2, 0.25) is 0 Å². The molecule has 4 nitrogen and oxygen atoms in total. The standard InChI is InChI=1S/C19H25N3O/c1-4-11-21-19(23)17-13-16(10-12-20-17)22-18-14(5-2)8-7-9-15(18)6-3/h7-10,12-13H,4-6,11H2,1-3H3,(H,20,22)(H,21,23). The smallest absolute Gasteiger partial charge is 0.269 e. The Kier molecular flexibility index (Phi) is 6.15. The van der Waals surface area contributed by atoms with E-state index in [1.807, 2.05) is 13.0 Å². The minimum Gasteiger partial charge on any atom is -0.355 e. The predicted octanol–water partition coefficient (Wildman–Crippen LogP) is 4.09. The molecular formula is C19H25N3O. The molecule has 0 fully saturated rings. The van der Waals surface area contributed by atoms with Gasteiger partial charge in [-0.15, -0.1) is 0 Å². The molecule has 0 radical (unpaired) electrons. The number of benzene rings is 1. The Morgan fingerprint density at radius 1 is 1.09 bits per heavy atom. The monoisotopic (exact) mass is 311 g/mol. The molecule has 1 amide bonds. The van der Waals surface area contributed by atoms with Crippen LogP contribution in [0.5, 0.6) is 0 Å². The molecule has 1 aromatic heterocycles. The molecule has 0 saturated carbocycles. The molecule has 0 aliphatic carbocycles. The molecule has 23 heavy (non-hydrogen) atoms. The van der Waals surface area contributed by atoms with Gasteiger partial charge < -0.3 is 10.6 Å². The number of rotatable bonds is 7. The number of hydrogen-bond donors (Lipinski definition) is 2. The quantitative estimate of drug-likeness (QED) is 0.810. The van der Waals surface area contributed by atoms with E-state index in [9.17, 15) is 4.79 Å². The van der Waals surface area contributed by atoms with Crippen molar-refractivity contribution in [2.45, 2.75) is 40.0 Å². The molecule has 122 valence electrons. The third kappa shape index (κ3) is 4.31. The summed E-state index contributed by atoms with van der Waals surface area (Å²) in [5.41, 5.74) is 5.02. The molecule has 0 bridgehead atoms. The van der Waals surface area contributed by atoms with E-state index in [1.54, 1.807) is 12.3 Å². The number of aromatic nitrogens is 1. The lowest BCUT2D eigenvalue weighted by molar-refractivity contribution is 0.0949. The van der Waals surface area contributed by atoms with Gasteiger partial charge in [0, 0.05) is 24.1 Å². The van der Waals surface area contributed by atoms with Gasteiger partial charge in [0.1, 0.15) is 5.69 Å². The van der Waals surface area contributed by atoms with Crippen molar-refractivity contribution >= 4 is 17.3 Å². The van der Waals surface area contributed by atoms with Crippen LogP contribution in [0.4, 0.5) is 11.4 Å². The highest BCUT2D eigenvalue weighted by molar-refractivity contribution is 5.93. The van der Waals surface area contributed by atoms with Crippen molar-refractivity contribution in [1.82, 2.24) is 10.3 Å². The van der Waals surface area contributed by atoms with Gasteiger partial charge in [0.05, 0.1) is 0 Å². The average molecular weight is 311 g/mol. The van der Waals surface area contributed by atoms with E-state index in [-0.39, 0.29) is 5.91 Å². The molecule has 1 heterocycles.